The molecule has 1 fully saturated rings. The van der Waals surface area contributed by atoms with Gasteiger partial charge in [0.25, 0.3) is 5.91 Å². The maximum atomic E-state index is 12.7. The highest BCUT2D eigenvalue weighted by molar-refractivity contribution is 6.02. The number of anilines is 1. The second-order valence-corrected chi connectivity index (χ2v) is 6.36. The van der Waals surface area contributed by atoms with Gasteiger partial charge in [-0.3, -0.25) is 9.59 Å². The summed E-state index contributed by atoms with van der Waals surface area (Å²) >= 11 is 0. The van der Waals surface area contributed by atoms with Crippen LogP contribution in [0.15, 0.2) is 42.5 Å². The molecule has 0 saturated carbocycles. The summed E-state index contributed by atoms with van der Waals surface area (Å²) < 4.78 is 0. The summed E-state index contributed by atoms with van der Waals surface area (Å²) in [4.78, 5) is 28.6. The first-order chi connectivity index (χ1) is 11.5. The van der Waals surface area contributed by atoms with Crippen molar-refractivity contribution in [3.63, 3.8) is 0 Å². The van der Waals surface area contributed by atoms with Crippen molar-refractivity contribution in [2.45, 2.75) is 20.8 Å². The van der Waals surface area contributed by atoms with Gasteiger partial charge in [0.15, 0.2) is 0 Å². The SMILES string of the molecule is Cc1ccc(C(=O)N2CCN(c3ccccc3C)C(=O)C2)cc1C. The molecule has 0 aromatic heterocycles. The molecule has 3 rings (SSSR count). The van der Waals surface area contributed by atoms with Gasteiger partial charge in [-0.15, -0.1) is 0 Å². The van der Waals surface area contributed by atoms with Gasteiger partial charge in [0.05, 0.1) is 0 Å². The second-order valence-electron chi connectivity index (χ2n) is 6.36. The molecule has 0 aliphatic carbocycles. The number of piperazine rings is 1. The summed E-state index contributed by atoms with van der Waals surface area (Å²) in [5.74, 6) is -0.108. The van der Waals surface area contributed by atoms with Gasteiger partial charge in [0.1, 0.15) is 6.54 Å². The van der Waals surface area contributed by atoms with Crippen LogP contribution in [0, 0.1) is 20.8 Å². The summed E-state index contributed by atoms with van der Waals surface area (Å²) in [5.41, 5.74) is 4.90. The van der Waals surface area contributed by atoms with E-state index in [-0.39, 0.29) is 18.4 Å². The standard InChI is InChI=1S/C20H22N2O2/c1-14-8-9-17(12-16(14)3)20(24)21-10-11-22(19(23)13-21)18-7-5-4-6-15(18)2/h4-9,12H,10-11,13H2,1-3H3. The molecule has 24 heavy (non-hydrogen) atoms. The highest BCUT2D eigenvalue weighted by Crippen LogP contribution is 2.22. The maximum Gasteiger partial charge on any atom is 0.254 e. The van der Waals surface area contributed by atoms with Gasteiger partial charge in [0, 0.05) is 24.3 Å². The lowest BCUT2D eigenvalue weighted by molar-refractivity contribution is -0.120. The van der Waals surface area contributed by atoms with E-state index < -0.39 is 0 Å². The zero-order valence-corrected chi connectivity index (χ0v) is 14.4. The van der Waals surface area contributed by atoms with Crippen molar-refractivity contribution in [1.29, 1.82) is 0 Å². The van der Waals surface area contributed by atoms with Crippen molar-refractivity contribution in [2.75, 3.05) is 24.5 Å². The fourth-order valence-electron chi connectivity index (χ4n) is 3.02. The van der Waals surface area contributed by atoms with Crippen LogP contribution < -0.4 is 4.90 Å². The van der Waals surface area contributed by atoms with Crippen LogP contribution >= 0.6 is 0 Å². The van der Waals surface area contributed by atoms with Crippen LogP contribution in [0.4, 0.5) is 5.69 Å². The van der Waals surface area contributed by atoms with Gasteiger partial charge in [-0.05, 0) is 55.7 Å². The molecule has 0 N–H and O–H groups in total. The molecular weight excluding hydrogens is 300 g/mol. The Hall–Kier alpha value is -2.62. The number of nitrogens with zero attached hydrogens (tertiary/aromatic N) is 2. The predicted molar refractivity (Wildman–Crippen MR) is 95.4 cm³/mol. The Morgan fingerprint density at radius 3 is 2.33 bits per heavy atom. The van der Waals surface area contributed by atoms with E-state index in [9.17, 15) is 9.59 Å². The van der Waals surface area contributed by atoms with E-state index in [1.165, 1.54) is 0 Å². The molecule has 0 unspecified atom stereocenters. The Bertz CT molecular complexity index is 798. The number of rotatable bonds is 2. The minimum absolute atomic E-state index is 0.0345. The number of carbonyl (C=O) groups excluding carboxylic acids is 2. The van der Waals surface area contributed by atoms with Gasteiger partial charge in [-0.2, -0.15) is 0 Å². The molecule has 0 atom stereocenters. The topological polar surface area (TPSA) is 40.6 Å². The fraction of sp³-hybridized carbons (Fsp3) is 0.300. The van der Waals surface area contributed by atoms with Crippen LogP contribution in [0.25, 0.3) is 0 Å². The Kier molecular flexibility index (Phi) is 4.38. The first kappa shape index (κ1) is 16.2. The van der Waals surface area contributed by atoms with Crippen molar-refractivity contribution in [3.05, 3.63) is 64.7 Å². The molecule has 124 valence electrons. The van der Waals surface area contributed by atoms with Crippen molar-refractivity contribution < 1.29 is 9.59 Å². The molecule has 2 aromatic carbocycles. The first-order valence-corrected chi connectivity index (χ1v) is 8.20. The summed E-state index contributed by atoms with van der Waals surface area (Å²) in [5, 5.41) is 0. The van der Waals surface area contributed by atoms with Gasteiger partial charge < -0.3 is 9.80 Å². The highest BCUT2D eigenvalue weighted by Gasteiger charge is 2.29. The molecule has 1 aliphatic rings. The highest BCUT2D eigenvalue weighted by atomic mass is 16.2. The Labute approximate surface area is 142 Å². The normalized spacial score (nSPS) is 14.9. The quantitative estimate of drug-likeness (QED) is 0.852. The van der Waals surface area contributed by atoms with E-state index in [0.717, 1.165) is 22.4 Å². The molecule has 0 radical (unpaired) electrons. The lowest BCUT2D eigenvalue weighted by Gasteiger charge is -2.35. The van der Waals surface area contributed by atoms with Crippen LogP contribution in [-0.2, 0) is 4.79 Å². The lowest BCUT2D eigenvalue weighted by atomic mass is 10.1. The zero-order valence-electron chi connectivity index (χ0n) is 14.4. The van der Waals surface area contributed by atoms with Crippen LogP contribution in [0.1, 0.15) is 27.0 Å². The average molecular weight is 322 g/mol. The summed E-state index contributed by atoms with van der Waals surface area (Å²) in [6.45, 7) is 7.21. The first-order valence-electron chi connectivity index (χ1n) is 8.20. The number of para-hydroxylation sites is 1. The van der Waals surface area contributed by atoms with E-state index in [1.807, 2.05) is 63.2 Å². The predicted octanol–water partition coefficient (Wildman–Crippen LogP) is 3.10. The summed E-state index contributed by atoms with van der Waals surface area (Å²) in [7, 11) is 0. The lowest BCUT2D eigenvalue weighted by Crippen LogP contribution is -2.52. The molecule has 4 heteroatoms. The smallest absolute Gasteiger partial charge is 0.254 e. The molecular formula is C20H22N2O2. The van der Waals surface area contributed by atoms with Crippen molar-refractivity contribution in [1.82, 2.24) is 4.90 Å². The van der Waals surface area contributed by atoms with Gasteiger partial charge in [-0.25, -0.2) is 0 Å². The molecule has 1 aliphatic heterocycles. The zero-order chi connectivity index (χ0) is 17.3. The maximum absolute atomic E-state index is 12.7. The molecule has 1 heterocycles. The van der Waals surface area contributed by atoms with Gasteiger partial charge in [-0.1, -0.05) is 24.3 Å². The number of benzene rings is 2. The minimum Gasteiger partial charge on any atom is -0.328 e. The van der Waals surface area contributed by atoms with Gasteiger partial charge in [0.2, 0.25) is 5.91 Å². The second kappa shape index (κ2) is 6.48. The third-order valence-electron chi connectivity index (χ3n) is 4.67. The van der Waals surface area contributed by atoms with Crippen molar-refractivity contribution in [2.24, 2.45) is 0 Å². The number of amides is 2. The summed E-state index contributed by atoms with van der Waals surface area (Å²) in [6, 6.07) is 13.5. The monoisotopic (exact) mass is 322 g/mol. The van der Waals surface area contributed by atoms with Crippen molar-refractivity contribution >= 4 is 17.5 Å². The number of carbonyl (C=O) groups is 2. The Balaban J connectivity index is 1.75. The third-order valence-corrected chi connectivity index (χ3v) is 4.67. The molecule has 0 bridgehead atoms. The van der Waals surface area contributed by atoms with Crippen LogP contribution in [0.2, 0.25) is 0 Å². The van der Waals surface area contributed by atoms with E-state index >= 15 is 0 Å². The van der Waals surface area contributed by atoms with E-state index in [1.54, 1.807) is 9.80 Å². The molecule has 2 aromatic rings. The van der Waals surface area contributed by atoms with E-state index in [4.69, 9.17) is 0 Å². The molecule has 2 amide bonds. The van der Waals surface area contributed by atoms with Crippen LogP contribution in [0.5, 0.6) is 0 Å². The number of hydrogen-bond acceptors (Lipinski definition) is 2. The largest absolute Gasteiger partial charge is 0.328 e. The van der Waals surface area contributed by atoms with E-state index in [0.29, 0.717) is 18.7 Å². The van der Waals surface area contributed by atoms with Crippen LogP contribution in [-0.4, -0.2) is 36.3 Å². The van der Waals surface area contributed by atoms with Crippen LogP contribution in [0.3, 0.4) is 0 Å². The third kappa shape index (κ3) is 3.04. The van der Waals surface area contributed by atoms with Gasteiger partial charge >= 0.3 is 0 Å². The Morgan fingerprint density at radius 2 is 1.67 bits per heavy atom. The fourth-order valence-corrected chi connectivity index (χ4v) is 3.02. The molecule has 0 spiro atoms. The Morgan fingerprint density at radius 1 is 0.917 bits per heavy atom. The minimum atomic E-state index is -0.0733. The van der Waals surface area contributed by atoms with E-state index in [2.05, 4.69) is 0 Å². The number of aryl methyl sites for hydroxylation is 3. The number of hydrogen-bond donors (Lipinski definition) is 0. The molecule has 1 saturated heterocycles. The molecule has 4 nitrogen and oxygen atoms in total. The summed E-state index contributed by atoms with van der Waals surface area (Å²) in [6.07, 6.45) is 0. The average Bonchev–Trinajstić information content (AvgIpc) is 2.57. The van der Waals surface area contributed by atoms with Crippen molar-refractivity contribution in [3.8, 4) is 0 Å².